The first kappa shape index (κ1) is 16.7. The minimum atomic E-state index is -1.50. The zero-order valence-electron chi connectivity index (χ0n) is 14.2. The van der Waals surface area contributed by atoms with Crippen molar-refractivity contribution in [1.29, 1.82) is 0 Å². The predicted molar refractivity (Wildman–Crippen MR) is 102 cm³/mol. The summed E-state index contributed by atoms with van der Waals surface area (Å²) in [5.74, 6) is -0.566. The van der Waals surface area contributed by atoms with E-state index in [2.05, 4.69) is 12.1 Å². The molecule has 1 aliphatic rings. The molecular weight excluding hydrogens is 348 g/mol. The van der Waals surface area contributed by atoms with Crippen molar-refractivity contribution >= 4 is 17.6 Å². The van der Waals surface area contributed by atoms with Crippen LogP contribution in [0.25, 0.3) is 11.1 Å². The van der Waals surface area contributed by atoms with Crippen LogP contribution in [0.15, 0.2) is 66.7 Å². The number of ether oxygens (including phenoxy) is 1. The number of hydrogen-bond acceptors (Lipinski definition) is 2. The third kappa shape index (κ3) is 2.65. The van der Waals surface area contributed by atoms with Crippen LogP contribution in [0.4, 0.5) is 0 Å². The quantitative estimate of drug-likeness (QED) is 0.535. The predicted octanol–water partition coefficient (Wildman–Crippen LogP) is 5.29. The SMILES string of the molecule is CC(Oc1ccc(Cl)cc1)(C(=O)O)c1cccc2c1Cc1ccccc1-2. The maximum Gasteiger partial charge on any atom is 0.352 e. The Bertz CT molecular complexity index is 995. The van der Waals surface area contributed by atoms with Gasteiger partial charge in [-0.2, -0.15) is 0 Å². The molecule has 3 aromatic rings. The molecule has 130 valence electrons. The molecule has 0 heterocycles. The molecule has 0 radical (unpaired) electrons. The van der Waals surface area contributed by atoms with Crippen molar-refractivity contribution in [1.82, 2.24) is 0 Å². The average molecular weight is 365 g/mol. The molecule has 0 saturated heterocycles. The number of carbonyl (C=O) groups is 1. The second-order valence-electron chi connectivity index (χ2n) is 6.56. The Morgan fingerprint density at radius 1 is 1.00 bits per heavy atom. The summed E-state index contributed by atoms with van der Waals surface area (Å²) in [6, 6.07) is 20.7. The number of carboxylic acid groups (broad SMARTS) is 1. The lowest BCUT2D eigenvalue weighted by molar-refractivity contribution is -0.154. The highest BCUT2D eigenvalue weighted by Gasteiger charge is 2.41. The number of fused-ring (bicyclic) bond motifs is 3. The van der Waals surface area contributed by atoms with Gasteiger partial charge in [0.25, 0.3) is 0 Å². The molecule has 4 heteroatoms. The molecule has 0 bridgehead atoms. The summed E-state index contributed by atoms with van der Waals surface area (Å²) >= 11 is 5.92. The van der Waals surface area contributed by atoms with E-state index in [9.17, 15) is 9.90 Å². The third-order valence-corrected chi connectivity index (χ3v) is 5.16. The molecule has 1 aliphatic carbocycles. The maximum atomic E-state index is 12.2. The van der Waals surface area contributed by atoms with Gasteiger partial charge < -0.3 is 9.84 Å². The van der Waals surface area contributed by atoms with Gasteiger partial charge in [-0.3, -0.25) is 0 Å². The normalized spacial score (nSPS) is 14.2. The van der Waals surface area contributed by atoms with Crippen molar-refractivity contribution in [3.8, 4) is 16.9 Å². The third-order valence-electron chi connectivity index (χ3n) is 4.91. The number of aliphatic carboxylic acids is 1. The molecule has 4 rings (SSSR count). The number of carboxylic acids is 1. The Balaban J connectivity index is 1.82. The largest absolute Gasteiger partial charge is 0.478 e. The van der Waals surface area contributed by atoms with Crippen molar-refractivity contribution in [3.05, 3.63) is 88.4 Å². The number of benzene rings is 3. The Kier molecular flexibility index (Phi) is 3.97. The van der Waals surface area contributed by atoms with E-state index < -0.39 is 11.6 Å². The summed E-state index contributed by atoms with van der Waals surface area (Å²) in [4.78, 5) is 12.2. The first-order valence-corrected chi connectivity index (χ1v) is 8.75. The zero-order chi connectivity index (χ0) is 18.3. The monoisotopic (exact) mass is 364 g/mol. The van der Waals surface area contributed by atoms with Gasteiger partial charge in [0.1, 0.15) is 5.75 Å². The van der Waals surface area contributed by atoms with E-state index in [4.69, 9.17) is 16.3 Å². The van der Waals surface area contributed by atoms with Crippen molar-refractivity contribution < 1.29 is 14.6 Å². The Hall–Kier alpha value is -2.78. The second kappa shape index (κ2) is 6.19. The summed E-state index contributed by atoms with van der Waals surface area (Å²) in [6.45, 7) is 1.60. The minimum absolute atomic E-state index is 0.465. The van der Waals surface area contributed by atoms with Crippen LogP contribution < -0.4 is 4.74 Å². The highest BCUT2D eigenvalue weighted by molar-refractivity contribution is 6.30. The smallest absolute Gasteiger partial charge is 0.352 e. The van der Waals surface area contributed by atoms with Crippen molar-refractivity contribution in [2.45, 2.75) is 18.9 Å². The van der Waals surface area contributed by atoms with Crippen LogP contribution in [0, 0.1) is 0 Å². The Labute approximate surface area is 156 Å². The lowest BCUT2D eigenvalue weighted by Gasteiger charge is -2.29. The fourth-order valence-corrected chi connectivity index (χ4v) is 3.68. The van der Waals surface area contributed by atoms with Crippen molar-refractivity contribution in [2.75, 3.05) is 0 Å². The minimum Gasteiger partial charge on any atom is -0.478 e. The van der Waals surface area contributed by atoms with Gasteiger partial charge in [0.05, 0.1) is 0 Å². The zero-order valence-corrected chi connectivity index (χ0v) is 15.0. The summed E-state index contributed by atoms with van der Waals surface area (Å²) in [5, 5.41) is 10.6. The van der Waals surface area contributed by atoms with E-state index in [1.165, 1.54) is 5.56 Å². The van der Waals surface area contributed by atoms with Crippen LogP contribution in [-0.4, -0.2) is 11.1 Å². The molecule has 0 saturated carbocycles. The van der Waals surface area contributed by atoms with Crippen molar-refractivity contribution in [3.63, 3.8) is 0 Å². The van der Waals surface area contributed by atoms with Gasteiger partial charge in [-0.15, -0.1) is 0 Å². The van der Waals surface area contributed by atoms with Crippen LogP contribution in [0.5, 0.6) is 5.75 Å². The second-order valence-corrected chi connectivity index (χ2v) is 7.00. The molecule has 1 unspecified atom stereocenters. The first-order chi connectivity index (χ1) is 12.5. The molecule has 3 nitrogen and oxygen atoms in total. The van der Waals surface area contributed by atoms with Gasteiger partial charge in [0.15, 0.2) is 0 Å². The number of hydrogen-bond donors (Lipinski definition) is 1. The highest BCUT2D eigenvalue weighted by atomic mass is 35.5. The van der Waals surface area contributed by atoms with Gasteiger partial charge in [-0.05, 0) is 59.9 Å². The molecule has 0 aromatic heterocycles. The van der Waals surface area contributed by atoms with Crippen LogP contribution >= 0.6 is 11.6 Å². The van der Waals surface area contributed by atoms with Crippen LogP contribution in [0.2, 0.25) is 5.02 Å². The van der Waals surface area contributed by atoms with E-state index >= 15 is 0 Å². The van der Waals surface area contributed by atoms with Crippen LogP contribution in [0.3, 0.4) is 0 Å². The van der Waals surface area contributed by atoms with E-state index in [1.54, 1.807) is 31.2 Å². The Morgan fingerprint density at radius 3 is 2.42 bits per heavy atom. The fourth-order valence-electron chi connectivity index (χ4n) is 3.56. The van der Waals surface area contributed by atoms with E-state index in [1.807, 2.05) is 30.3 Å². The molecular formula is C22H17ClO3. The van der Waals surface area contributed by atoms with Gasteiger partial charge in [0.2, 0.25) is 5.60 Å². The van der Waals surface area contributed by atoms with Gasteiger partial charge in [0, 0.05) is 10.6 Å². The topological polar surface area (TPSA) is 46.5 Å². The van der Waals surface area contributed by atoms with Crippen LogP contribution in [0.1, 0.15) is 23.6 Å². The molecule has 26 heavy (non-hydrogen) atoms. The highest BCUT2D eigenvalue weighted by Crippen LogP contribution is 2.42. The number of halogens is 1. The number of rotatable bonds is 4. The van der Waals surface area contributed by atoms with E-state index in [0.717, 1.165) is 16.7 Å². The lowest BCUT2D eigenvalue weighted by Crippen LogP contribution is -2.39. The van der Waals surface area contributed by atoms with E-state index in [-0.39, 0.29) is 0 Å². The Morgan fingerprint density at radius 2 is 1.69 bits per heavy atom. The lowest BCUT2D eigenvalue weighted by atomic mass is 9.88. The average Bonchev–Trinajstić information content (AvgIpc) is 3.02. The molecule has 1 atom stereocenters. The summed E-state index contributed by atoms with van der Waals surface area (Å²) < 4.78 is 5.97. The fraction of sp³-hybridized carbons (Fsp3) is 0.136. The summed E-state index contributed by atoms with van der Waals surface area (Å²) in [5.41, 5.74) is 3.62. The van der Waals surface area contributed by atoms with Crippen molar-refractivity contribution in [2.24, 2.45) is 0 Å². The molecule has 3 aromatic carbocycles. The molecule has 0 aliphatic heterocycles. The summed E-state index contributed by atoms with van der Waals surface area (Å²) in [7, 11) is 0. The van der Waals surface area contributed by atoms with Gasteiger partial charge in [-0.25, -0.2) is 4.79 Å². The summed E-state index contributed by atoms with van der Waals surface area (Å²) in [6.07, 6.45) is 0.703. The molecule has 0 fully saturated rings. The standard InChI is InChI=1S/C22H17ClO3/c1-22(21(24)25,26-16-11-9-15(23)10-12-16)20-8-4-7-18-17-6-3-2-5-14(17)13-19(18)20/h2-12H,13H2,1H3,(H,24,25). The van der Waals surface area contributed by atoms with E-state index in [0.29, 0.717) is 22.8 Å². The molecule has 1 N–H and O–H groups in total. The molecule has 0 spiro atoms. The molecule has 0 amide bonds. The van der Waals surface area contributed by atoms with Gasteiger partial charge >= 0.3 is 5.97 Å². The maximum absolute atomic E-state index is 12.2. The first-order valence-electron chi connectivity index (χ1n) is 8.37. The van der Waals surface area contributed by atoms with Gasteiger partial charge in [-0.1, -0.05) is 54.1 Å². The van der Waals surface area contributed by atoms with Crippen LogP contribution in [-0.2, 0) is 16.8 Å².